The number of nitrogens with zero attached hydrogens (tertiary/aromatic N) is 3. The van der Waals surface area contributed by atoms with Gasteiger partial charge in [-0.3, -0.25) is 0 Å². The number of fused-ring (bicyclic) bond motifs is 13. The average molecular weight is 712 g/mol. The van der Waals surface area contributed by atoms with E-state index in [1.54, 1.807) is 0 Å². The lowest BCUT2D eigenvalue weighted by Gasteiger charge is -2.30. The smallest absolute Gasteiger partial charge is 0.160 e. The van der Waals surface area contributed by atoms with Gasteiger partial charge in [-0.05, 0) is 93.0 Å². The van der Waals surface area contributed by atoms with Crippen LogP contribution in [-0.2, 0) is 5.41 Å². The quantitative estimate of drug-likeness (QED) is 0.182. The molecule has 2 aliphatic rings. The first-order chi connectivity index (χ1) is 27.8. The van der Waals surface area contributed by atoms with Crippen molar-refractivity contribution in [3.8, 4) is 61.8 Å². The number of hydrogen-bond donors (Lipinski definition) is 0. The van der Waals surface area contributed by atoms with Gasteiger partial charge in [0.2, 0.25) is 0 Å². The van der Waals surface area contributed by atoms with Crippen LogP contribution in [0.4, 0.5) is 0 Å². The van der Waals surface area contributed by atoms with Crippen molar-refractivity contribution in [2.24, 2.45) is 0 Å². The van der Waals surface area contributed by atoms with Crippen LogP contribution in [0.25, 0.3) is 83.6 Å². The van der Waals surface area contributed by atoms with Gasteiger partial charge in [-0.1, -0.05) is 152 Å². The van der Waals surface area contributed by atoms with Crippen molar-refractivity contribution in [3.05, 3.63) is 222 Å². The molecule has 0 atom stereocenters. The van der Waals surface area contributed by atoms with Crippen LogP contribution in [0.1, 0.15) is 22.3 Å². The molecule has 0 amide bonds. The van der Waals surface area contributed by atoms with Crippen molar-refractivity contribution >= 4 is 21.8 Å². The molecule has 0 unspecified atom stereocenters. The SMILES string of the molecule is c1ccc(-c2cc(-c3ccccc3)nc(-c3ccc(-n4c5ccccc5c5cc6c(cc54)-c4ccccc4C64c5ccccc5-c5ccccc54)cc3)n2)cc1. The van der Waals surface area contributed by atoms with Gasteiger partial charge in [-0.2, -0.15) is 0 Å². The van der Waals surface area contributed by atoms with E-state index in [4.69, 9.17) is 9.97 Å². The Morgan fingerprint density at radius 3 is 1.43 bits per heavy atom. The predicted octanol–water partition coefficient (Wildman–Crippen LogP) is 12.9. The molecule has 2 aromatic heterocycles. The Bertz CT molecular complexity index is 3070. The van der Waals surface area contributed by atoms with E-state index in [0.29, 0.717) is 5.82 Å². The molecule has 2 aliphatic carbocycles. The Morgan fingerprint density at radius 2 is 0.839 bits per heavy atom. The number of hydrogen-bond acceptors (Lipinski definition) is 2. The number of para-hydroxylation sites is 1. The molecule has 12 rings (SSSR count). The summed E-state index contributed by atoms with van der Waals surface area (Å²) < 4.78 is 2.43. The zero-order valence-electron chi connectivity index (χ0n) is 30.4. The fourth-order valence-electron chi connectivity index (χ4n) is 9.68. The molecular weight excluding hydrogens is 679 g/mol. The fraction of sp³-hybridized carbons (Fsp3) is 0.0189. The van der Waals surface area contributed by atoms with Gasteiger partial charge in [-0.15, -0.1) is 0 Å². The molecule has 0 saturated heterocycles. The molecule has 10 aromatic rings. The van der Waals surface area contributed by atoms with E-state index in [2.05, 4.69) is 193 Å². The van der Waals surface area contributed by atoms with Crippen LogP contribution < -0.4 is 0 Å². The largest absolute Gasteiger partial charge is 0.309 e. The first-order valence-corrected chi connectivity index (χ1v) is 19.2. The third-order valence-electron chi connectivity index (χ3n) is 12.0. The van der Waals surface area contributed by atoms with Gasteiger partial charge in [0.05, 0.1) is 27.8 Å². The Balaban J connectivity index is 1.06. The highest BCUT2D eigenvalue weighted by Crippen LogP contribution is 2.63. The first kappa shape index (κ1) is 31.0. The summed E-state index contributed by atoms with van der Waals surface area (Å²) in [5.41, 5.74) is 18.7. The van der Waals surface area contributed by atoms with Gasteiger partial charge in [-0.25, -0.2) is 9.97 Å². The number of aromatic nitrogens is 3. The molecule has 0 fully saturated rings. The molecule has 1 spiro atoms. The summed E-state index contributed by atoms with van der Waals surface area (Å²) in [6.45, 7) is 0. The molecule has 260 valence electrons. The molecule has 0 radical (unpaired) electrons. The van der Waals surface area contributed by atoms with Crippen LogP contribution in [0.15, 0.2) is 200 Å². The van der Waals surface area contributed by atoms with Crippen LogP contribution in [-0.4, -0.2) is 14.5 Å². The van der Waals surface area contributed by atoms with Crippen molar-refractivity contribution in [2.75, 3.05) is 0 Å². The van der Waals surface area contributed by atoms with Gasteiger partial charge in [0.25, 0.3) is 0 Å². The molecule has 56 heavy (non-hydrogen) atoms. The summed E-state index contributed by atoms with van der Waals surface area (Å²) in [7, 11) is 0. The number of benzene rings is 8. The van der Waals surface area contributed by atoms with E-state index < -0.39 is 0 Å². The molecule has 2 heterocycles. The zero-order chi connectivity index (χ0) is 36.8. The lowest BCUT2D eigenvalue weighted by atomic mass is 9.70. The van der Waals surface area contributed by atoms with E-state index in [1.807, 2.05) is 12.1 Å². The van der Waals surface area contributed by atoms with E-state index in [0.717, 1.165) is 33.8 Å². The lowest BCUT2D eigenvalue weighted by Crippen LogP contribution is -2.25. The third-order valence-corrected chi connectivity index (χ3v) is 12.0. The number of rotatable bonds is 4. The third kappa shape index (κ3) is 4.28. The first-order valence-electron chi connectivity index (χ1n) is 19.2. The van der Waals surface area contributed by atoms with E-state index >= 15 is 0 Å². The van der Waals surface area contributed by atoms with Crippen molar-refractivity contribution in [2.45, 2.75) is 5.41 Å². The predicted molar refractivity (Wildman–Crippen MR) is 229 cm³/mol. The van der Waals surface area contributed by atoms with Crippen LogP contribution >= 0.6 is 0 Å². The molecule has 0 bridgehead atoms. The van der Waals surface area contributed by atoms with E-state index in [9.17, 15) is 0 Å². The van der Waals surface area contributed by atoms with Crippen LogP contribution in [0.5, 0.6) is 0 Å². The van der Waals surface area contributed by atoms with Crippen molar-refractivity contribution in [1.29, 1.82) is 0 Å². The van der Waals surface area contributed by atoms with Crippen LogP contribution in [0.3, 0.4) is 0 Å². The summed E-state index contributed by atoms with van der Waals surface area (Å²) in [5, 5.41) is 2.50. The monoisotopic (exact) mass is 711 g/mol. The summed E-state index contributed by atoms with van der Waals surface area (Å²) in [6.07, 6.45) is 0. The molecule has 8 aromatic carbocycles. The zero-order valence-corrected chi connectivity index (χ0v) is 30.4. The maximum Gasteiger partial charge on any atom is 0.160 e. The minimum atomic E-state index is -0.384. The Kier molecular flexibility index (Phi) is 6.55. The molecule has 0 N–H and O–H groups in total. The highest BCUT2D eigenvalue weighted by atomic mass is 15.0. The molecular formula is C53H33N3. The van der Waals surface area contributed by atoms with Gasteiger partial charge >= 0.3 is 0 Å². The Labute approximate surface area is 324 Å². The standard InChI is InChI=1S/C53H33N3/c1-3-15-34(16-4-1)48-33-49(35-17-5-2-6-18-35)55-52(54-48)36-27-29-37(30-28-36)56-50-26-14-10-22-41(50)43-31-47-42(32-51(43)56)40-21-9-13-25-46(40)53(47)44-23-11-7-19-38(44)39-20-8-12-24-45(39)53/h1-33H. The van der Waals surface area contributed by atoms with Gasteiger partial charge < -0.3 is 4.57 Å². The summed E-state index contributed by atoms with van der Waals surface area (Å²) >= 11 is 0. The highest BCUT2D eigenvalue weighted by Gasteiger charge is 2.51. The van der Waals surface area contributed by atoms with Gasteiger partial charge in [0.15, 0.2) is 5.82 Å². The Hall–Kier alpha value is -7.36. The summed E-state index contributed by atoms with van der Waals surface area (Å²) in [5.74, 6) is 0.704. The Morgan fingerprint density at radius 1 is 0.339 bits per heavy atom. The minimum Gasteiger partial charge on any atom is -0.309 e. The van der Waals surface area contributed by atoms with Crippen LogP contribution in [0.2, 0.25) is 0 Å². The van der Waals surface area contributed by atoms with E-state index in [-0.39, 0.29) is 5.41 Å². The maximum absolute atomic E-state index is 5.10. The maximum atomic E-state index is 5.10. The fourth-order valence-corrected chi connectivity index (χ4v) is 9.68. The van der Waals surface area contributed by atoms with Gasteiger partial charge in [0, 0.05) is 33.2 Å². The average Bonchev–Trinajstić information content (AvgIpc) is 3.87. The molecule has 0 saturated carbocycles. The van der Waals surface area contributed by atoms with Crippen molar-refractivity contribution in [3.63, 3.8) is 0 Å². The topological polar surface area (TPSA) is 30.7 Å². The van der Waals surface area contributed by atoms with Gasteiger partial charge in [0.1, 0.15) is 0 Å². The minimum absolute atomic E-state index is 0.384. The van der Waals surface area contributed by atoms with E-state index in [1.165, 1.54) is 66.3 Å². The second-order valence-electron chi connectivity index (χ2n) is 14.9. The lowest BCUT2D eigenvalue weighted by molar-refractivity contribution is 0.795. The second-order valence-corrected chi connectivity index (χ2v) is 14.9. The second kappa shape index (κ2) is 11.8. The summed E-state index contributed by atoms with van der Waals surface area (Å²) in [4.78, 5) is 10.2. The molecule has 0 aliphatic heterocycles. The van der Waals surface area contributed by atoms with Crippen molar-refractivity contribution in [1.82, 2.24) is 14.5 Å². The normalized spacial score (nSPS) is 13.1. The van der Waals surface area contributed by atoms with Crippen LogP contribution in [0, 0.1) is 0 Å². The van der Waals surface area contributed by atoms with Crippen molar-refractivity contribution < 1.29 is 0 Å². The summed E-state index contributed by atoms with van der Waals surface area (Å²) in [6, 6.07) is 72.4. The highest BCUT2D eigenvalue weighted by molar-refractivity contribution is 6.12. The molecule has 3 nitrogen and oxygen atoms in total. The molecule has 3 heteroatoms.